The molecule has 1 aromatic rings. The fourth-order valence-corrected chi connectivity index (χ4v) is 2.59. The Morgan fingerprint density at radius 1 is 1.12 bits per heavy atom. The first-order valence-electron chi connectivity index (χ1n) is 6.54. The number of nitrogens with two attached hydrogens (primary N) is 1. The molecule has 0 aromatic heterocycles. The summed E-state index contributed by atoms with van der Waals surface area (Å²) >= 11 is 0. The highest BCUT2D eigenvalue weighted by molar-refractivity contribution is 5.41. The summed E-state index contributed by atoms with van der Waals surface area (Å²) in [7, 11) is 0. The van der Waals surface area contributed by atoms with E-state index in [1.807, 2.05) is 0 Å². The van der Waals surface area contributed by atoms with Crippen molar-refractivity contribution in [3.63, 3.8) is 0 Å². The van der Waals surface area contributed by atoms with Crippen molar-refractivity contribution in [1.82, 2.24) is 0 Å². The van der Waals surface area contributed by atoms with Crippen LogP contribution in [0.1, 0.15) is 36.0 Å². The molecule has 1 fully saturated rings. The fraction of sp³-hybridized carbons (Fsp3) is 0.600. The predicted octanol–water partition coefficient (Wildman–Crippen LogP) is 3.12. The highest BCUT2D eigenvalue weighted by Crippen LogP contribution is 2.31. The maximum Gasteiger partial charge on any atom is 0.122 e. The van der Waals surface area contributed by atoms with Crippen LogP contribution < -0.4 is 10.5 Å². The van der Waals surface area contributed by atoms with E-state index in [4.69, 9.17) is 10.5 Å². The van der Waals surface area contributed by atoms with Crippen molar-refractivity contribution in [1.29, 1.82) is 0 Å². The van der Waals surface area contributed by atoms with Crippen LogP contribution in [0.3, 0.4) is 0 Å². The minimum atomic E-state index is 0.365. The average Bonchev–Trinajstić information content (AvgIpc) is 2.73. The summed E-state index contributed by atoms with van der Waals surface area (Å²) < 4.78 is 6.12. The maximum atomic E-state index is 6.12. The monoisotopic (exact) mass is 233 g/mol. The lowest BCUT2D eigenvalue weighted by Crippen LogP contribution is -2.16. The molecule has 0 spiro atoms. The van der Waals surface area contributed by atoms with Crippen LogP contribution in [0.15, 0.2) is 12.1 Å². The van der Waals surface area contributed by atoms with Crippen molar-refractivity contribution in [2.45, 2.75) is 46.1 Å². The van der Waals surface area contributed by atoms with Crippen molar-refractivity contribution in [3.8, 4) is 5.75 Å². The second-order valence-electron chi connectivity index (χ2n) is 5.36. The van der Waals surface area contributed by atoms with Gasteiger partial charge in [0.15, 0.2) is 0 Å². The summed E-state index contributed by atoms with van der Waals surface area (Å²) in [5.74, 6) is 1.71. The van der Waals surface area contributed by atoms with Crippen LogP contribution in [0, 0.1) is 26.7 Å². The third-order valence-corrected chi connectivity index (χ3v) is 3.91. The van der Waals surface area contributed by atoms with Gasteiger partial charge in [-0.3, -0.25) is 0 Å². The van der Waals surface area contributed by atoms with Crippen LogP contribution in [0.25, 0.3) is 0 Å². The van der Waals surface area contributed by atoms with Gasteiger partial charge >= 0.3 is 0 Å². The largest absolute Gasteiger partial charge is 0.490 e. The summed E-state index contributed by atoms with van der Waals surface area (Å²) in [6.07, 6.45) is 3.84. The van der Waals surface area contributed by atoms with Gasteiger partial charge in [0.2, 0.25) is 0 Å². The van der Waals surface area contributed by atoms with Crippen LogP contribution >= 0.6 is 0 Å². The molecule has 0 saturated heterocycles. The van der Waals surface area contributed by atoms with Crippen molar-refractivity contribution in [3.05, 3.63) is 28.8 Å². The Bertz CT molecular complexity index is 400. The van der Waals surface area contributed by atoms with Crippen molar-refractivity contribution >= 4 is 0 Å². The highest BCUT2D eigenvalue weighted by Gasteiger charge is 2.25. The minimum absolute atomic E-state index is 0.365. The van der Waals surface area contributed by atoms with E-state index in [0.29, 0.717) is 12.0 Å². The second-order valence-corrected chi connectivity index (χ2v) is 5.36. The van der Waals surface area contributed by atoms with Crippen LogP contribution in [0.4, 0.5) is 0 Å². The number of aryl methyl sites for hydroxylation is 3. The zero-order chi connectivity index (χ0) is 12.4. The van der Waals surface area contributed by atoms with Gasteiger partial charge in [0.05, 0.1) is 6.10 Å². The summed E-state index contributed by atoms with van der Waals surface area (Å²) in [6.45, 7) is 7.20. The smallest absolute Gasteiger partial charge is 0.122 e. The molecule has 2 rings (SSSR count). The zero-order valence-electron chi connectivity index (χ0n) is 11.1. The fourth-order valence-electron chi connectivity index (χ4n) is 2.59. The number of hydrogen-bond acceptors (Lipinski definition) is 2. The number of hydrogen-bond donors (Lipinski definition) is 1. The second kappa shape index (κ2) is 5.09. The van der Waals surface area contributed by atoms with Crippen molar-refractivity contribution in [2.75, 3.05) is 6.54 Å². The normalized spacial score (nSPS) is 24.0. The first-order valence-corrected chi connectivity index (χ1v) is 6.54. The molecule has 2 N–H and O–H groups in total. The zero-order valence-corrected chi connectivity index (χ0v) is 11.1. The van der Waals surface area contributed by atoms with Gasteiger partial charge in [-0.2, -0.15) is 0 Å². The first-order chi connectivity index (χ1) is 8.10. The van der Waals surface area contributed by atoms with E-state index < -0.39 is 0 Å². The van der Waals surface area contributed by atoms with Gasteiger partial charge in [-0.15, -0.1) is 0 Å². The summed E-state index contributed by atoms with van der Waals surface area (Å²) in [6, 6.07) is 4.38. The molecule has 17 heavy (non-hydrogen) atoms. The molecule has 1 aliphatic rings. The van der Waals surface area contributed by atoms with Crippen LogP contribution in [-0.2, 0) is 0 Å². The molecule has 2 heteroatoms. The lowest BCUT2D eigenvalue weighted by atomic mass is 10.1. The predicted molar refractivity (Wildman–Crippen MR) is 71.5 cm³/mol. The number of rotatable bonds is 3. The average molecular weight is 233 g/mol. The number of ether oxygens (including phenoxy) is 1. The lowest BCUT2D eigenvalue weighted by Gasteiger charge is -2.17. The Kier molecular flexibility index (Phi) is 3.72. The van der Waals surface area contributed by atoms with Gasteiger partial charge in [0, 0.05) is 0 Å². The molecular formula is C15H23NO. The van der Waals surface area contributed by atoms with E-state index in [0.717, 1.165) is 25.1 Å². The molecule has 94 valence electrons. The van der Waals surface area contributed by atoms with Gasteiger partial charge < -0.3 is 10.5 Å². The Morgan fingerprint density at radius 2 is 1.82 bits per heavy atom. The molecule has 2 unspecified atom stereocenters. The van der Waals surface area contributed by atoms with E-state index in [2.05, 4.69) is 32.9 Å². The molecule has 0 heterocycles. The van der Waals surface area contributed by atoms with E-state index in [9.17, 15) is 0 Å². The molecule has 1 aromatic carbocycles. The quantitative estimate of drug-likeness (QED) is 0.870. The molecule has 2 atom stereocenters. The van der Waals surface area contributed by atoms with Gasteiger partial charge in [-0.05, 0) is 75.3 Å². The van der Waals surface area contributed by atoms with Crippen LogP contribution in [0.2, 0.25) is 0 Å². The Labute approximate surface area is 104 Å². The van der Waals surface area contributed by atoms with E-state index >= 15 is 0 Å². The Morgan fingerprint density at radius 3 is 2.47 bits per heavy atom. The van der Waals surface area contributed by atoms with Gasteiger partial charge in [-0.1, -0.05) is 6.07 Å². The minimum Gasteiger partial charge on any atom is -0.490 e. The summed E-state index contributed by atoms with van der Waals surface area (Å²) in [5, 5.41) is 0. The Balaban J connectivity index is 2.06. The maximum absolute atomic E-state index is 6.12. The summed E-state index contributed by atoms with van der Waals surface area (Å²) in [4.78, 5) is 0. The van der Waals surface area contributed by atoms with Crippen LogP contribution in [-0.4, -0.2) is 12.6 Å². The highest BCUT2D eigenvalue weighted by atomic mass is 16.5. The van der Waals surface area contributed by atoms with Gasteiger partial charge in [0.1, 0.15) is 5.75 Å². The van der Waals surface area contributed by atoms with E-state index in [1.54, 1.807) is 0 Å². The summed E-state index contributed by atoms with van der Waals surface area (Å²) in [5.41, 5.74) is 9.59. The Hall–Kier alpha value is -1.02. The third kappa shape index (κ3) is 2.81. The SMILES string of the molecule is Cc1cc(C)c(OC2CCC(CN)C2)cc1C. The van der Waals surface area contributed by atoms with Gasteiger partial charge in [0.25, 0.3) is 0 Å². The molecule has 1 aliphatic carbocycles. The van der Waals surface area contributed by atoms with Crippen molar-refractivity contribution < 1.29 is 4.74 Å². The molecule has 0 radical (unpaired) electrons. The molecule has 0 aliphatic heterocycles. The molecule has 0 amide bonds. The first kappa shape index (κ1) is 12.4. The standard InChI is InChI=1S/C15H23NO/c1-10-6-12(3)15(7-11(10)2)17-14-5-4-13(8-14)9-16/h6-7,13-14H,4-5,8-9,16H2,1-3H3. The topological polar surface area (TPSA) is 35.2 Å². The third-order valence-electron chi connectivity index (χ3n) is 3.91. The molecular weight excluding hydrogens is 210 g/mol. The van der Waals surface area contributed by atoms with E-state index in [1.165, 1.54) is 23.1 Å². The number of benzene rings is 1. The molecule has 2 nitrogen and oxygen atoms in total. The van der Waals surface area contributed by atoms with E-state index in [-0.39, 0.29) is 0 Å². The lowest BCUT2D eigenvalue weighted by molar-refractivity contribution is 0.203. The molecule has 1 saturated carbocycles. The molecule has 0 bridgehead atoms. The van der Waals surface area contributed by atoms with Crippen LogP contribution in [0.5, 0.6) is 5.75 Å². The van der Waals surface area contributed by atoms with Crippen molar-refractivity contribution in [2.24, 2.45) is 11.7 Å². The van der Waals surface area contributed by atoms with Gasteiger partial charge in [-0.25, -0.2) is 0 Å².